The maximum absolute atomic E-state index is 13.6. The van der Waals surface area contributed by atoms with Crippen LogP contribution in [0.25, 0.3) is 11.3 Å². The molecule has 0 spiro atoms. The minimum absolute atomic E-state index is 0.194. The molecule has 29 heavy (non-hydrogen) atoms. The molecular formula is C21H21F3N4O. The highest BCUT2D eigenvalue weighted by Gasteiger charge is 2.40. The van der Waals surface area contributed by atoms with Crippen LogP contribution in [0.5, 0.6) is 5.88 Å². The van der Waals surface area contributed by atoms with Crippen LogP contribution in [0.4, 0.5) is 13.2 Å². The molecule has 1 aliphatic rings. The second kappa shape index (κ2) is 7.51. The number of rotatable bonds is 4. The molecule has 2 atom stereocenters. The van der Waals surface area contributed by atoms with E-state index in [9.17, 15) is 13.2 Å². The second-order valence-corrected chi connectivity index (χ2v) is 7.25. The van der Waals surface area contributed by atoms with E-state index in [1.54, 1.807) is 36.2 Å². The van der Waals surface area contributed by atoms with Gasteiger partial charge in [-0.05, 0) is 30.8 Å². The number of likely N-dealkylation sites (N-methyl/N-ethyl adjacent to an activating group) is 1. The van der Waals surface area contributed by atoms with Crippen molar-refractivity contribution >= 4 is 0 Å². The monoisotopic (exact) mass is 402 g/mol. The van der Waals surface area contributed by atoms with Gasteiger partial charge in [-0.25, -0.2) is 4.98 Å². The summed E-state index contributed by atoms with van der Waals surface area (Å²) in [7, 11) is 3.46. The molecule has 0 unspecified atom stereocenters. The SMILES string of the molecule is COc1cc(-c2ccn([C@@H]3CN(C)C[C@H]3c3ccccc3C(F)(F)F)n2)ccn1. The van der Waals surface area contributed by atoms with Gasteiger partial charge in [0.15, 0.2) is 0 Å². The van der Waals surface area contributed by atoms with Crippen molar-refractivity contribution in [3.8, 4) is 17.1 Å². The predicted molar refractivity (Wildman–Crippen MR) is 103 cm³/mol. The van der Waals surface area contributed by atoms with Crippen molar-refractivity contribution in [3.63, 3.8) is 0 Å². The molecule has 4 rings (SSSR count). The Bertz CT molecular complexity index is 1000. The summed E-state index contributed by atoms with van der Waals surface area (Å²) in [5, 5.41) is 4.67. The first-order valence-electron chi connectivity index (χ1n) is 9.27. The van der Waals surface area contributed by atoms with Crippen molar-refractivity contribution in [2.45, 2.75) is 18.1 Å². The van der Waals surface area contributed by atoms with Crippen LogP contribution in [-0.2, 0) is 6.18 Å². The molecule has 0 amide bonds. The van der Waals surface area contributed by atoms with Gasteiger partial charge in [0.2, 0.25) is 5.88 Å². The number of alkyl halides is 3. The highest BCUT2D eigenvalue weighted by Crippen LogP contribution is 2.42. The molecule has 2 aromatic heterocycles. The van der Waals surface area contributed by atoms with E-state index in [0.29, 0.717) is 24.5 Å². The summed E-state index contributed by atoms with van der Waals surface area (Å²) in [5.74, 6) is 0.173. The Balaban J connectivity index is 1.69. The fourth-order valence-electron chi connectivity index (χ4n) is 3.99. The van der Waals surface area contributed by atoms with E-state index >= 15 is 0 Å². The third-order valence-electron chi connectivity index (χ3n) is 5.33. The van der Waals surface area contributed by atoms with Crippen LogP contribution in [0.2, 0.25) is 0 Å². The molecule has 3 heterocycles. The van der Waals surface area contributed by atoms with Crippen LogP contribution in [0.1, 0.15) is 23.1 Å². The number of benzene rings is 1. The number of hydrogen-bond donors (Lipinski definition) is 0. The third-order valence-corrected chi connectivity index (χ3v) is 5.33. The van der Waals surface area contributed by atoms with Crippen LogP contribution in [0.3, 0.4) is 0 Å². The van der Waals surface area contributed by atoms with Gasteiger partial charge in [-0.15, -0.1) is 0 Å². The van der Waals surface area contributed by atoms with Gasteiger partial charge in [-0.3, -0.25) is 4.68 Å². The molecule has 3 aromatic rings. The Hall–Kier alpha value is -2.87. The lowest BCUT2D eigenvalue weighted by Crippen LogP contribution is -2.20. The summed E-state index contributed by atoms with van der Waals surface area (Å²) in [6, 6.07) is 11.1. The quantitative estimate of drug-likeness (QED) is 0.655. The van der Waals surface area contributed by atoms with Crippen molar-refractivity contribution < 1.29 is 17.9 Å². The Morgan fingerprint density at radius 3 is 2.66 bits per heavy atom. The van der Waals surface area contributed by atoms with Crippen LogP contribution in [-0.4, -0.2) is 46.9 Å². The lowest BCUT2D eigenvalue weighted by atomic mass is 9.90. The number of ether oxygens (including phenoxy) is 1. The first kappa shape index (κ1) is 19.4. The topological polar surface area (TPSA) is 43.2 Å². The van der Waals surface area contributed by atoms with Gasteiger partial charge in [0.05, 0.1) is 24.4 Å². The molecule has 1 aliphatic heterocycles. The number of methoxy groups -OCH3 is 1. The van der Waals surface area contributed by atoms with E-state index in [2.05, 4.69) is 10.1 Å². The average Bonchev–Trinajstić information content (AvgIpc) is 3.34. The van der Waals surface area contributed by atoms with Crippen molar-refractivity contribution in [2.75, 3.05) is 27.2 Å². The summed E-state index contributed by atoms with van der Waals surface area (Å²) in [4.78, 5) is 6.13. The number of likely N-dealkylation sites (tertiary alicyclic amines) is 1. The molecule has 0 saturated carbocycles. The van der Waals surface area contributed by atoms with Crippen LogP contribution < -0.4 is 4.74 Å². The van der Waals surface area contributed by atoms with Crippen LogP contribution in [0, 0.1) is 0 Å². The number of halogens is 3. The zero-order valence-electron chi connectivity index (χ0n) is 16.1. The van der Waals surface area contributed by atoms with Crippen molar-refractivity contribution in [3.05, 3.63) is 66.0 Å². The van der Waals surface area contributed by atoms with E-state index in [1.165, 1.54) is 6.07 Å². The van der Waals surface area contributed by atoms with Gasteiger partial charge >= 0.3 is 6.18 Å². The Morgan fingerprint density at radius 1 is 1.10 bits per heavy atom. The normalized spacial score (nSPS) is 20.2. The molecule has 8 heteroatoms. The minimum atomic E-state index is -4.38. The predicted octanol–water partition coefficient (Wildman–Crippen LogP) is 4.24. The molecule has 1 fully saturated rings. The largest absolute Gasteiger partial charge is 0.481 e. The first-order valence-corrected chi connectivity index (χ1v) is 9.27. The Labute approximate surface area is 166 Å². The standard InChI is InChI=1S/C21H21F3N4O/c1-27-12-16(15-5-3-4-6-17(15)21(22,23)24)19(13-27)28-10-8-18(26-28)14-7-9-25-20(11-14)29-2/h3-11,16,19H,12-13H2,1-2H3/t16-,19+/m0/s1. The molecule has 0 bridgehead atoms. The average molecular weight is 402 g/mol. The maximum Gasteiger partial charge on any atom is 0.416 e. The molecular weight excluding hydrogens is 381 g/mol. The summed E-state index contributed by atoms with van der Waals surface area (Å²) in [5.41, 5.74) is 1.31. The summed E-state index contributed by atoms with van der Waals surface area (Å²) < 4.78 is 47.7. The number of aromatic nitrogens is 3. The summed E-state index contributed by atoms with van der Waals surface area (Å²) in [6.45, 7) is 1.16. The van der Waals surface area contributed by atoms with E-state index in [4.69, 9.17) is 4.74 Å². The van der Waals surface area contributed by atoms with Gasteiger partial charge in [-0.1, -0.05) is 18.2 Å². The summed E-state index contributed by atoms with van der Waals surface area (Å²) >= 11 is 0. The Morgan fingerprint density at radius 2 is 1.90 bits per heavy atom. The van der Waals surface area contributed by atoms with Crippen LogP contribution in [0.15, 0.2) is 54.9 Å². The number of hydrogen-bond acceptors (Lipinski definition) is 4. The fourth-order valence-corrected chi connectivity index (χ4v) is 3.99. The lowest BCUT2D eigenvalue weighted by Gasteiger charge is -2.23. The zero-order chi connectivity index (χ0) is 20.6. The van der Waals surface area contributed by atoms with E-state index in [-0.39, 0.29) is 12.0 Å². The van der Waals surface area contributed by atoms with Crippen molar-refractivity contribution in [1.29, 1.82) is 0 Å². The third kappa shape index (κ3) is 3.85. The summed E-state index contributed by atoms with van der Waals surface area (Å²) in [6.07, 6.45) is -0.917. The molecule has 1 saturated heterocycles. The second-order valence-electron chi connectivity index (χ2n) is 7.25. The number of nitrogens with zero attached hydrogens (tertiary/aromatic N) is 4. The fraction of sp³-hybridized carbons (Fsp3) is 0.333. The molecule has 5 nitrogen and oxygen atoms in total. The lowest BCUT2D eigenvalue weighted by molar-refractivity contribution is -0.138. The first-order chi connectivity index (χ1) is 13.9. The molecule has 0 aliphatic carbocycles. The smallest absolute Gasteiger partial charge is 0.416 e. The maximum atomic E-state index is 13.6. The molecule has 152 valence electrons. The molecule has 0 radical (unpaired) electrons. The van der Waals surface area contributed by atoms with Crippen LogP contribution >= 0.6 is 0 Å². The van der Waals surface area contributed by atoms with Gasteiger partial charge in [0.25, 0.3) is 0 Å². The van der Waals surface area contributed by atoms with E-state index in [0.717, 1.165) is 17.3 Å². The van der Waals surface area contributed by atoms with Gasteiger partial charge in [0.1, 0.15) is 0 Å². The zero-order valence-corrected chi connectivity index (χ0v) is 16.1. The highest BCUT2D eigenvalue weighted by molar-refractivity contribution is 5.59. The molecule has 0 N–H and O–H groups in total. The highest BCUT2D eigenvalue weighted by atomic mass is 19.4. The molecule has 1 aromatic carbocycles. The van der Waals surface area contributed by atoms with Crippen molar-refractivity contribution in [2.24, 2.45) is 0 Å². The number of pyridine rings is 1. The van der Waals surface area contributed by atoms with Gasteiger partial charge in [-0.2, -0.15) is 18.3 Å². The van der Waals surface area contributed by atoms with E-state index < -0.39 is 11.7 Å². The van der Waals surface area contributed by atoms with E-state index in [1.807, 2.05) is 30.3 Å². The van der Waals surface area contributed by atoms with Gasteiger partial charge in [0, 0.05) is 43.0 Å². The van der Waals surface area contributed by atoms with Gasteiger partial charge < -0.3 is 9.64 Å². The van der Waals surface area contributed by atoms with Crippen molar-refractivity contribution in [1.82, 2.24) is 19.7 Å². The minimum Gasteiger partial charge on any atom is -0.481 e. The Kier molecular flexibility index (Phi) is 5.04.